The molecule has 0 saturated carbocycles. The van der Waals surface area contributed by atoms with E-state index in [2.05, 4.69) is 21.4 Å². The molecule has 0 unspecified atom stereocenters. The standard InChI is InChI=1S/C13H10BrClN2O3S/c14-11-3-1-2-4-12(11)21(19,20)17-16-13(18)9-5-7-10(15)8-6-9/h1-8,17H,(H,16,18). The van der Waals surface area contributed by atoms with Gasteiger partial charge in [-0.2, -0.15) is 0 Å². The third-order valence-electron chi connectivity index (χ3n) is 2.53. The number of amides is 1. The van der Waals surface area contributed by atoms with Gasteiger partial charge in [0.25, 0.3) is 15.9 Å². The predicted molar refractivity (Wildman–Crippen MR) is 83.4 cm³/mol. The van der Waals surface area contributed by atoms with Crippen molar-refractivity contribution in [1.82, 2.24) is 10.3 Å². The molecule has 2 aromatic carbocycles. The molecule has 8 heteroatoms. The van der Waals surface area contributed by atoms with Crippen molar-refractivity contribution in [1.29, 1.82) is 0 Å². The molecule has 0 radical (unpaired) electrons. The lowest BCUT2D eigenvalue weighted by atomic mass is 10.2. The highest BCUT2D eigenvalue weighted by Gasteiger charge is 2.18. The van der Waals surface area contributed by atoms with Crippen molar-refractivity contribution >= 4 is 43.5 Å². The third-order valence-corrected chi connectivity index (χ3v) is 5.04. The number of carbonyl (C=O) groups is 1. The molecule has 2 aromatic rings. The van der Waals surface area contributed by atoms with Gasteiger partial charge in [-0.15, -0.1) is 4.83 Å². The Hall–Kier alpha value is -1.41. The maximum atomic E-state index is 12.1. The zero-order valence-corrected chi connectivity index (χ0v) is 13.7. The molecule has 2 rings (SSSR count). The van der Waals surface area contributed by atoms with Crippen LogP contribution in [0.5, 0.6) is 0 Å². The van der Waals surface area contributed by atoms with Crippen LogP contribution in [0.4, 0.5) is 0 Å². The summed E-state index contributed by atoms with van der Waals surface area (Å²) >= 11 is 8.86. The third kappa shape index (κ3) is 4.04. The molecule has 0 spiro atoms. The summed E-state index contributed by atoms with van der Waals surface area (Å²) in [4.78, 5) is 13.9. The number of benzene rings is 2. The molecular weight excluding hydrogens is 380 g/mol. The van der Waals surface area contributed by atoms with Crippen LogP contribution in [-0.4, -0.2) is 14.3 Å². The molecule has 0 aliphatic rings. The molecule has 1 amide bonds. The van der Waals surface area contributed by atoms with Gasteiger partial charge >= 0.3 is 0 Å². The fraction of sp³-hybridized carbons (Fsp3) is 0. The van der Waals surface area contributed by atoms with Crippen molar-refractivity contribution in [3.05, 3.63) is 63.6 Å². The van der Waals surface area contributed by atoms with Gasteiger partial charge in [-0.25, -0.2) is 8.42 Å². The van der Waals surface area contributed by atoms with Crippen molar-refractivity contribution in [2.45, 2.75) is 4.90 Å². The minimum atomic E-state index is -3.86. The SMILES string of the molecule is O=C(NNS(=O)(=O)c1ccccc1Br)c1ccc(Cl)cc1. The summed E-state index contributed by atoms with van der Waals surface area (Å²) in [5, 5.41) is 0.486. The highest BCUT2D eigenvalue weighted by atomic mass is 79.9. The Kier molecular flexibility index (Phi) is 5.00. The van der Waals surface area contributed by atoms with E-state index in [0.29, 0.717) is 9.50 Å². The van der Waals surface area contributed by atoms with Gasteiger partial charge in [-0.05, 0) is 52.3 Å². The lowest BCUT2D eigenvalue weighted by molar-refractivity contribution is 0.0945. The Bertz CT molecular complexity index is 763. The molecule has 0 fully saturated rings. The predicted octanol–water partition coefficient (Wildman–Crippen LogP) is 2.73. The van der Waals surface area contributed by atoms with E-state index < -0.39 is 15.9 Å². The van der Waals surface area contributed by atoms with Crippen LogP contribution in [0, 0.1) is 0 Å². The van der Waals surface area contributed by atoms with Crippen LogP contribution in [-0.2, 0) is 10.0 Å². The molecule has 110 valence electrons. The highest BCUT2D eigenvalue weighted by Crippen LogP contribution is 2.20. The number of nitrogens with one attached hydrogen (secondary N) is 2. The van der Waals surface area contributed by atoms with Crippen molar-refractivity contribution in [3.8, 4) is 0 Å². The molecule has 2 N–H and O–H groups in total. The number of hydrogen-bond acceptors (Lipinski definition) is 3. The number of rotatable bonds is 4. The molecule has 0 aliphatic carbocycles. The van der Waals surface area contributed by atoms with Gasteiger partial charge in [0.1, 0.15) is 0 Å². The minimum absolute atomic E-state index is 0.0291. The first kappa shape index (κ1) is 16.0. The van der Waals surface area contributed by atoms with Crippen LogP contribution < -0.4 is 10.3 Å². The summed E-state index contributed by atoms with van der Waals surface area (Å²) in [5.41, 5.74) is 2.43. The van der Waals surface area contributed by atoms with Crippen molar-refractivity contribution in [2.24, 2.45) is 0 Å². The maximum Gasteiger partial charge on any atom is 0.266 e. The first-order valence-corrected chi connectivity index (χ1v) is 8.38. The van der Waals surface area contributed by atoms with E-state index >= 15 is 0 Å². The van der Waals surface area contributed by atoms with E-state index in [1.165, 1.54) is 18.2 Å². The molecule has 0 bridgehead atoms. The van der Waals surface area contributed by atoms with Gasteiger partial charge < -0.3 is 0 Å². The number of hydrazine groups is 1. The number of carbonyl (C=O) groups excluding carboxylic acids is 1. The molecule has 0 heterocycles. The summed E-state index contributed by atoms with van der Waals surface area (Å²) in [6.45, 7) is 0. The Morgan fingerprint density at radius 1 is 1.05 bits per heavy atom. The largest absolute Gasteiger partial charge is 0.273 e. The summed E-state index contributed by atoms with van der Waals surface area (Å²) in [6, 6.07) is 12.3. The van der Waals surface area contributed by atoms with Crippen LogP contribution in [0.1, 0.15) is 10.4 Å². The molecular formula is C13H10BrClN2O3S. The topological polar surface area (TPSA) is 75.3 Å². The van der Waals surface area contributed by atoms with Gasteiger partial charge in [0.05, 0.1) is 4.90 Å². The monoisotopic (exact) mass is 388 g/mol. The van der Waals surface area contributed by atoms with Crippen LogP contribution in [0.3, 0.4) is 0 Å². The average Bonchev–Trinajstić information content (AvgIpc) is 2.46. The van der Waals surface area contributed by atoms with Crippen LogP contribution >= 0.6 is 27.5 Å². The van der Waals surface area contributed by atoms with E-state index in [1.807, 2.05) is 4.83 Å². The van der Waals surface area contributed by atoms with Gasteiger partial charge in [-0.1, -0.05) is 23.7 Å². The normalized spacial score (nSPS) is 11.1. The molecule has 21 heavy (non-hydrogen) atoms. The Morgan fingerprint density at radius 2 is 1.67 bits per heavy atom. The van der Waals surface area contributed by atoms with E-state index in [0.717, 1.165) is 0 Å². The minimum Gasteiger partial charge on any atom is -0.273 e. The molecule has 0 aromatic heterocycles. The summed E-state index contributed by atoms with van der Waals surface area (Å²) in [5.74, 6) is -0.581. The van der Waals surface area contributed by atoms with E-state index in [1.54, 1.807) is 30.3 Å². The zero-order chi connectivity index (χ0) is 15.5. The van der Waals surface area contributed by atoms with Gasteiger partial charge in [0.15, 0.2) is 0 Å². The molecule has 0 atom stereocenters. The smallest absolute Gasteiger partial charge is 0.266 e. The fourth-order valence-corrected chi connectivity index (χ4v) is 3.47. The van der Waals surface area contributed by atoms with Crippen molar-refractivity contribution in [3.63, 3.8) is 0 Å². The van der Waals surface area contributed by atoms with Crippen LogP contribution in [0.15, 0.2) is 57.9 Å². The first-order chi connectivity index (χ1) is 9.90. The van der Waals surface area contributed by atoms with Crippen LogP contribution in [0.2, 0.25) is 5.02 Å². The van der Waals surface area contributed by atoms with Crippen molar-refractivity contribution in [2.75, 3.05) is 0 Å². The second kappa shape index (κ2) is 6.57. The van der Waals surface area contributed by atoms with Gasteiger partial charge in [0, 0.05) is 15.1 Å². The number of halogens is 2. The number of sulfonamides is 1. The molecule has 0 aliphatic heterocycles. The van der Waals surface area contributed by atoms with E-state index in [9.17, 15) is 13.2 Å². The highest BCUT2D eigenvalue weighted by molar-refractivity contribution is 9.10. The maximum absolute atomic E-state index is 12.1. The van der Waals surface area contributed by atoms with E-state index in [-0.39, 0.29) is 10.5 Å². The lowest BCUT2D eigenvalue weighted by Gasteiger charge is -2.09. The molecule has 0 saturated heterocycles. The second-order valence-electron chi connectivity index (χ2n) is 4.00. The van der Waals surface area contributed by atoms with E-state index in [4.69, 9.17) is 11.6 Å². The van der Waals surface area contributed by atoms with Gasteiger partial charge in [-0.3, -0.25) is 10.2 Å². The Morgan fingerprint density at radius 3 is 2.29 bits per heavy atom. The summed E-state index contributed by atoms with van der Waals surface area (Å²) in [6.07, 6.45) is 0. The Labute approximate surface area is 135 Å². The lowest BCUT2D eigenvalue weighted by Crippen LogP contribution is -2.41. The van der Waals surface area contributed by atoms with Crippen molar-refractivity contribution < 1.29 is 13.2 Å². The average molecular weight is 390 g/mol. The van der Waals surface area contributed by atoms with Crippen LogP contribution in [0.25, 0.3) is 0 Å². The first-order valence-electron chi connectivity index (χ1n) is 5.72. The zero-order valence-electron chi connectivity index (χ0n) is 10.5. The summed E-state index contributed by atoms with van der Waals surface area (Å²) < 4.78 is 24.5. The van der Waals surface area contributed by atoms with Gasteiger partial charge in [0.2, 0.25) is 0 Å². The Balaban J connectivity index is 2.10. The molecule has 5 nitrogen and oxygen atoms in total. The summed E-state index contributed by atoms with van der Waals surface area (Å²) in [7, 11) is -3.86. The second-order valence-corrected chi connectivity index (χ2v) is 6.94. The number of hydrogen-bond donors (Lipinski definition) is 2. The quantitative estimate of drug-likeness (QED) is 0.790. The fourth-order valence-electron chi connectivity index (χ4n) is 1.50.